The molecule has 0 amide bonds. The van der Waals surface area contributed by atoms with E-state index in [1.165, 1.54) is 43.4 Å². The lowest BCUT2D eigenvalue weighted by molar-refractivity contribution is -0.303. The summed E-state index contributed by atoms with van der Waals surface area (Å²) in [5, 5.41) is 22.1. The Labute approximate surface area is 226 Å². The Morgan fingerprint density at radius 1 is 1.16 bits per heavy atom. The van der Waals surface area contributed by atoms with Crippen LogP contribution in [0.25, 0.3) is 16.5 Å². The minimum atomic E-state index is -0.242. The van der Waals surface area contributed by atoms with Crippen LogP contribution >= 0.6 is 0 Å². The number of aromatic nitrogens is 1. The zero-order valence-corrected chi connectivity index (χ0v) is 23.1. The Bertz CT molecular complexity index is 1150. The van der Waals surface area contributed by atoms with Crippen LogP contribution in [0.2, 0.25) is 0 Å². The molecule has 0 spiro atoms. The molecule has 38 heavy (non-hydrogen) atoms. The monoisotopic (exact) mass is 525 g/mol. The van der Waals surface area contributed by atoms with Crippen LogP contribution in [0.1, 0.15) is 94.1 Å². The van der Waals surface area contributed by atoms with Crippen molar-refractivity contribution in [2.75, 3.05) is 20.3 Å². The normalized spacial score (nSPS) is 20.7. The smallest absolute Gasteiger partial charge is 0.157 e. The number of fused-ring (bicyclic) bond motifs is 1. The highest BCUT2D eigenvalue weighted by atomic mass is 17.2. The number of hydrogen-bond donors (Lipinski definition) is 2. The van der Waals surface area contributed by atoms with E-state index in [-0.39, 0.29) is 23.9 Å². The largest absolute Gasteiger partial charge is 0.508 e. The molecule has 2 unspecified atom stereocenters. The average molecular weight is 526 g/mol. The average Bonchev–Trinajstić information content (AvgIpc) is 3.23. The molecule has 0 bridgehead atoms. The van der Waals surface area contributed by atoms with Crippen molar-refractivity contribution in [2.24, 2.45) is 0 Å². The molecule has 1 saturated carbocycles. The van der Waals surface area contributed by atoms with Gasteiger partial charge >= 0.3 is 0 Å². The molecule has 208 valence electrons. The van der Waals surface area contributed by atoms with Crippen LogP contribution in [-0.4, -0.2) is 41.4 Å². The molecule has 1 aromatic carbocycles. The van der Waals surface area contributed by atoms with Gasteiger partial charge in [0.2, 0.25) is 0 Å². The number of allylic oxidation sites excluding steroid dienone is 3. The molecule has 2 aromatic rings. The Morgan fingerprint density at radius 2 is 1.92 bits per heavy atom. The SMILES string of the molecule is C=C(O)/C=C(O)\C(=C/C)c1c(C2CCCCC2)c2ccc(C(C)OOC)cc2n1CCOC1CCCCO1. The lowest BCUT2D eigenvalue weighted by atomic mass is 9.81. The third kappa shape index (κ3) is 6.52. The van der Waals surface area contributed by atoms with E-state index in [0.29, 0.717) is 24.6 Å². The number of benzene rings is 1. The highest BCUT2D eigenvalue weighted by Crippen LogP contribution is 2.44. The van der Waals surface area contributed by atoms with Gasteiger partial charge in [-0.25, -0.2) is 9.78 Å². The Balaban J connectivity index is 1.86. The molecule has 7 nitrogen and oxygen atoms in total. The zero-order valence-electron chi connectivity index (χ0n) is 23.1. The van der Waals surface area contributed by atoms with E-state index in [2.05, 4.69) is 29.3 Å². The first-order valence-electron chi connectivity index (χ1n) is 14.0. The first-order valence-corrected chi connectivity index (χ1v) is 14.0. The molecular weight excluding hydrogens is 482 g/mol. The van der Waals surface area contributed by atoms with Gasteiger partial charge < -0.3 is 24.3 Å². The third-order valence-corrected chi connectivity index (χ3v) is 7.73. The molecule has 2 N–H and O–H groups in total. The standard InChI is InChI=1S/C31H43NO6/c1-5-25(28(34)19-21(2)33)31-30(23-11-7-6-8-12-23)26-15-14-24(22(3)38-35-4)20-27(26)32(31)16-18-37-29-13-9-10-17-36-29/h5,14-15,19-20,22-23,29,33-34H,2,6-13,16-18H2,1,3-4H3/b25-5+,28-19+. The molecule has 2 heterocycles. The second-order valence-corrected chi connectivity index (χ2v) is 10.3. The van der Waals surface area contributed by atoms with Crippen LogP contribution in [0, 0.1) is 0 Å². The van der Waals surface area contributed by atoms with Gasteiger partial charge in [0.15, 0.2) is 6.29 Å². The second kappa shape index (κ2) is 13.5. The quantitative estimate of drug-likeness (QED) is 0.135. The number of nitrogens with zero attached hydrogens (tertiary/aromatic N) is 1. The van der Waals surface area contributed by atoms with E-state index >= 15 is 0 Å². The minimum Gasteiger partial charge on any atom is -0.508 e. The van der Waals surface area contributed by atoms with Crippen LogP contribution in [0.4, 0.5) is 0 Å². The number of aliphatic hydroxyl groups is 2. The fourth-order valence-corrected chi connectivity index (χ4v) is 5.93. The summed E-state index contributed by atoms with van der Waals surface area (Å²) in [5.74, 6) is 0.187. The maximum absolute atomic E-state index is 11.1. The van der Waals surface area contributed by atoms with Gasteiger partial charge in [0.1, 0.15) is 17.6 Å². The summed E-state index contributed by atoms with van der Waals surface area (Å²) in [5.41, 5.74) is 4.95. The van der Waals surface area contributed by atoms with Gasteiger partial charge in [-0.2, -0.15) is 0 Å². The molecule has 2 aliphatic rings. The molecule has 2 fully saturated rings. The number of ether oxygens (including phenoxy) is 2. The summed E-state index contributed by atoms with van der Waals surface area (Å²) in [4.78, 5) is 10.4. The molecule has 2 atom stereocenters. The molecule has 7 heteroatoms. The van der Waals surface area contributed by atoms with Crippen molar-refractivity contribution < 1.29 is 29.5 Å². The summed E-state index contributed by atoms with van der Waals surface area (Å²) in [6.45, 7) is 9.24. The maximum atomic E-state index is 11.1. The van der Waals surface area contributed by atoms with Crippen LogP contribution < -0.4 is 0 Å². The lowest BCUT2D eigenvalue weighted by Gasteiger charge is -2.25. The van der Waals surface area contributed by atoms with Crippen LogP contribution in [-0.2, 0) is 25.8 Å². The van der Waals surface area contributed by atoms with Crippen LogP contribution in [0.15, 0.2) is 48.4 Å². The predicted octanol–water partition coefficient (Wildman–Crippen LogP) is 7.79. The van der Waals surface area contributed by atoms with Crippen LogP contribution in [0.5, 0.6) is 0 Å². The van der Waals surface area contributed by atoms with Crippen molar-refractivity contribution in [1.29, 1.82) is 0 Å². The molecule has 1 aliphatic carbocycles. The van der Waals surface area contributed by atoms with Crippen molar-refractivity contribution in [1.82, 2.24) is 4.57 Å². The first-order chi connectivity index (χ1) is 18.4. The summed E-state index contributed by atoms with van der Waals surface area (Å²) in [6, 6.07) is 6.43. The van der Waals surface area contributed by atoms with Gasteiger partial charge in [0.25, 0.3) is 0 Å². The van der Waals surface area contributed by atoms with Gasteiger partial charge in [-0.05, 0) is 69.1 Å². The number of hydrogen-bond acceptors (Lipinski definition) is 6. The molecule has 1 aromatic heterocycles. The zero-order chi connectivity index (χ0) is 27.1. The van der Waals surface area contributed by atoms with Gasteiger partial charge in [-0.1, -0.05) is 44.1 Å². The van der Waals surface area contributed by atoms with Crippen molar-refractivity contribution >= 4 is 16.5 Å². The lowest BCUT2D eigenvalue weighted by Crippen LogP contribution is -2.24. The summed E-state index contributed by atoms with van der Waals surface area (Å²) >= 11 is 0. The molecule has 1 saturated heterocycles. The van der Waals surface area contributed by atoms with Crippen molar-refractivity contribution in [3.63, 3.8) is 0 Å². The van der Waals surface area contributed by atoms with Gasteiger partial charge in [-0.15, -0.1) is 0 Å². The molecular formula is C31H43NO6. The van der Waals surface area contributed by atoms with E-state index in [1.54, 1.807) is 0 Å². The number of rotatable bonds is 11. The first kappa shape index (κ1) is 28.4. The highest BCUT2D eigenvalue weighted by Gasteiger charge is 2.29. The molecule has 4 rings (SSSR count). The maximum Gasteiger partial charge on any atom is 0.157 e. The van der Waals surface area contributed by atoms with Gasteiger partial charge in [0.05, 0.1) is 19.4 Å². The van der Waals surface area contributed by atoms with Crippen molar-refractivity contribution in [3.8, 4) is 0 Å². The van der Waals surface area contributed by atoms with E-state index in [4.69, 9.17) is 19.2 Å². The molecule has 0 radical (unpaired) electrons. The van der Waals surface area contributed by atoms with E-state index in [9.17, 15) is 10.2 Å². The Morgan fingerprint density at radius 3 is 2.58 bits per heavy atom. The summed E-state index contributed by atoms with van der Waals surface area (Å²) in [7, 11) is 1.52. The Kier molecular flexibility index (Phi) is 10.1. The van der Waals surface area contributed by atoms with Crippen molar-refractivity contribution in [3.05, 3.63) is 65.3 Å². The summed E-state index contributed by atoms with van der Waals surface area (Å²) < 4.78 is 14.2. The van der Waals surface area contributed by atoms with Crippen LogP contribution in [0.3, 0.4) is 0 Å². The van der Waals surface area contributed by atoms with E-state index in [0.717, 1.165) is 55.5 Å². The fourth-order valence-electron chi connectivity index (χ4n) is 5.93. The van der Waals surface area contributed by atoms with Crippen molar-refractivity contribution in [2.45, 2.75) is 90.1 Å². The van der Waals surface area contributed by atoms with E-state index < -0.39 is 0 Å². The molecule has 1 aliphatic heterocycles. The number of aliphatic hydroxyl groups excluding tert-OH is 2. The highest BCUT2D eigenvalue weighted by molar-refractivity contribution is 5.94. The summed E-state index contributed by atoms with van der Waals surface area (Å²) in [6.07, 6.45) is 11.8. The fraction of sp³-hybridized carbons (Fsp3) is 0.548. The predicted molar refractivity (Wildman–Crippen MR) is 150 cm³/mol. The van der Waals surface area contributed by atoms with Gasteiger partial charge in [-0.3, -0.25) is 0 Å². The van der Waals surface area contributed by atoms with Gasteiger partial charge in [0, 0.05) is 35.7 Å². The second-order valence-electron chi connectivity index (χ2n) is 10.3. The van der Waals surface area contributed by atoms with E-state index in [1.807, 2.05) is 19.9 Å². The topological polar surface area (TPSA) is 82.3 Å². The third-order valence-electron chi connectivity index (χ3n) is 7.73. The Hall–Kier alpha value is -2.58. The minimum absolute atomic E-state index is 0.00560.